The predicted octanol–water partition coefficient (Wildman–Crippen LogP) is 2.44. The molecular weight excluding hydrogens is 306 g/mol. The summed E-state index contributed by atoms with van der Waals surface area (Å²) in [6.07, 6.45) is 1.00. The molecule has 22 heavy (non-hydrogen) atoms. The Labute approximate surface area is 136 Å². The Bertz CT molecular complexity index is 555. The molecule has 0 aromatic heterocycles. The third-order valence-electron chi connectivity index (χ3n) is 4.26. The molecule has 122 valence electrons. The van der Waals surface area contributed by atoms with E-state index in [2.05, 4.69) is 17.6 Å². The normalized spacial score (nSPS) is 24.2. The van der Waals surface area contributed by atoms with Crippen LogP contribution in [0, 0.1) is 23.0 Å². The van der Waals surface area contributed by atoms with E-state index in [0.29, 0.717) is 17.0 Å². The molecule has 0 aliphatic carbocycles. The minimum Gasteiger partial charge on any atom is -0.347 e. The molecule has 1 aliphatic heterocycles. The molecule has 1 aromatic rings. The average molecular weight is 328 g/mol. The number of amides is 1. The van der Waals surface area contributed by atoms with Crippen molar-refractivity contribution in [3.8, 4) is 0 Å². The van der Waals surface area contributed by atoms with Crippen molar-refractivity contribution < 1.29 is 9.72 Å². The number of benzene rings is 1. The fourth-order valence-electron chi connectivity index (χ4n) is 2.90. The van der Waals surface area contributed by atoms with E-state index in [1.165, 1.54) is 6.07 Å². The third kappa shape index (κ3) is 3.75. The summed E-state index contributed by atoms with van der Waals surface area (Å²) < 4.78 is 0. The van der Waals surface area contributed by atoms with Crippen molar-refractivity contribution in [2.45, 2.75) is 39.3 Å². The van der Waals surface area contributed by atoms with E-state index < -0.39 is 4.92 Å². The van der Waals surface area contributed by atoms with E-state index in [1.54, 1.807) is 19.1 Å². The van der Waals surface area contributed by atoms with Crippen LogP contribution in [0.2, 0.25) is 0 Å². The number of carbonyl (C=O) groups excluding carboxylic acids is 1. The minimum absolute atomic E-state index is 0. The Balaban J connectivity index is 0.00000242. The zero-order chi connectivity index (χ0) is 15.6. The van der Waals surface area contributed by atoms with Gasteiger partial charge >= 0.3 is 0 Å². The second kappa shape index (κ2) is 7.56. The van der Waals surface area contributed by atoms with Crippen molar-refractivity contribution in [2.24, 2.45) is 5.92 Å². The molecular formula is C15H22ClN3O3. The lowest BCUT2D eigenvalue weighted by atomic mass is 9.89. The second-order valence-electron chi connectivity index (χ2n) is 5.71. The van der Waals surface area contributed by atoms with Gasteiger partial charge in [0.25, 0.3) is 11.6 Å². The first-order valence-electron chi connectivity index (χ1n) is 7.20. The Morgan fingerprint density at radius 1 is 1.41 bits per heavy atom. The first kappa shape index (κ1) is 18.4. The number of hydrogen-bond donors (Lipinski definition) is 2. The summed E-state index contributed by atoms with van der Waals surface area (Å²) in [6.45, 7) is 6.72. The summed E-state index contributed by atoms with van der Waals surface area (Å²) in [4.78, 5) is 22.9. The van der Waals surface area contributed by atoms with Crippen molar-refractivity contribution in [1.29, 1.82) is 0 Å². The molecule has 1 saturated heterocycles. The molecule has 1 amide bonds. The maximum absolute atomic E-state index is 12.4. The first-order valence-corrected chi connectivity index (χ1v) is 7.20. The molecule has 3 unspecified atom stereocenters. The Morgan fingerprint density at radius 3 is 2.68 bits per heavy atom. The van der Waals surface area contributed by atoms with Crippen LogP contribution in [0.15, 0.2) is 18.2 Å². The molecule has 1 heterocycles. The predicted molar refractivity (Wildman–Crippen MR) is 87.6 cm³/mol. The Kier molecular flexibility index (Phi) is 6.32. The third-order valence-corrected chi connectivity index (χ3v) is 4.26. The zero-order valence-corrected chi connectivity index (χ0v) is 13.8. The molecule has 6 nitrogen and oxygen atoms in total. The van der Waals surface area contributed by atoms with Crippen molar-refractivity contribution in [1.82, 2.24) is 10.6 Å². The van der Waals surface area contributed by atoms with Crippen LogP contribution in [0.1, 0.15) is 36.2 Å². The highest BCUT2D eigenvalue weighted by Gasteiger charge is 2.29. The number of rotatable bonds is 3. The van der Waals surface area contributed by atoms with Crippen LogP contribution in [0.4, 0.5) is 5.69 Å². The van der Waals surface area contributed by atoms with E-state index in [-0.39, 0.29) is 36.1 Å². The lowest BCUT2D eigenvalue weighted by molar-refractivity contribution is -0.385. The Hall–Kier alpha value is -1.66. The highest BCUT2D eigenvalue weighted by molar-refractivity contribution is 5.96. The van der Waals surface area contributed by atoms with E-state index in [9.17, 15) is 14.9 Å². The fraction of sp³-hybridized carbons (Fsp3) is 0.533. The number of halogens is 1. The van der Waals surface area contributed by atoms with Gasteiger partial charge in [-0.05, 0) is 38.8 Å². The number of hydrogen-bond acceptors (Lipinski definition) is 4. The van der Waals surface area contributed by atoms with Gasteiger partial charge in [-0.1, -0.05) is 13.0 Å². The summed E-state index contributed by atoms with van der Waals surface area (Å²) in [6, 6.07) is 4.82. The van der Waals surface area contributed by atoms with Gasteiger partial charge in [0.15, 0.2) is 0 Å². The van der Waals surface area contributed by atoms with Gasteiger partial charge in [0.2, 0.25) is 0 Å². The number of piperidine rings is 1. The highest BCUT2D eigenvalue weighted by atomic mass is 35.5. The summed E-state index contributed by atoms with van der Waals surface area (Å²) in [7, 11) is 0. The number of carbonyl (C=O) groups is 1. The first-order chi connectivity index (χ1) is 9.91. The molecule has 3 atom stereocenters. The average Bonchev–Trinajstić information content (AvgIpc) is 2.42. The summed E-state index contributed by atoms with van der Waals surface area (Å²) in [5.74, 6) is 0.132. The van der Waals surface area contributed by atoms with Gasteiger partial charge in [0, 0.05) is 29.3 Å². The summed E-state index contributed by atoms with van der Waals surface area (Å²) >= 11 is 0. The quantitative estimate of drug-likeness (QED) is 0.659. The molecule has 7 heteroatoms. The van der Waals surface area contributed by atoms with Crippen LogP contribution in [-0.4, -0.2) is 29.5 Å². The van der Waals surface area contributed by atoms with Crippen LogP contribution in [0.25, 0.3) is 0 Å². The number of nitro benzene ring substituents is 1. The topological polar surface area (TPSA) is 84.3 Å². The molecule has 1 aliphatic rings. The fourth-order valence-corrected chi connectivity index (χ4v) is 2.90. The van der Waals surface area contributed by atoms with Gasteiger partial charge in [-0.25, -0.2) is 0 Å². The monoisotopic (exact) mass is 327 g/mol. The number of nitrogens with one attached hydrogen (secondary N) is 2. The van der Waals surface area contributed by atoms with Crippen molar-refractivity contribution in [3.63, 3.8) is 0 Å². The van der Waals surface area contributed by atoms with Crippen LogP contribution in [0.5, 0.6) is 0 Å². The van der Waals surface area contributed by atoms with Crippen molar-refractivity contribution >= 4 is 24.0 Å². The van der Waals surface area contributed by atoms with E-state index in [1.807, 2.05) is 6.92 Å². The van der Waals surface area contributed by atoms with Gasteiger partial charge in [-0.15, -0.1) is 12.4 Å². The van der Waals surface area contributed by atoms with Crippen molar-refractivity contribution in [3.05, 3.63) is 39.4 Å². The number of nitrogens with zero attached hydrogens (tertiary/aromatic N) is 1. The lowest BCUT2D eigenvalue weighted by Crippen LogP contribution is -2.56. The molecule has 0 radical (unpaired) electrons. The second-order valence-corrected chi connectivity index (χ2v) is 5.71. The minimum atomic E-state index is -0.459. The summed E-state index contributed by atoms with van der Waals surface area (Å²) in [5, 5.41) is 17.3. The number of nitro groups is 1. The van der Waals surface area contributed by atoms with E-state index in [0.717, 1.165) is 13.0 Å². The van der Waals surface area contributed by atoms with Gasteiger partial charge < -0.3 is 10.6 Å². The zero-order valence-electron chi connectivity index (χ0n) is 13.0. The molecule has 2 N–H and O–H groups in total. The SMILES string of the molecule is Cc1c(C(=O)NC2C(C)CCNC2C)cccc1[N+](=O)[O-].Cl. The largest absolute Gasteiger partial charge is 0.347 e. The molecule has 0 saturated carbocycles. The molecule has 0 spiro atoms. The van der Waals surface area contributed by atoms with Crippen molar-refractivity contribution in [2.75, 3.05) is 6.54 Å². The van der Waals surface area contributed by atoms with Crippen LogP contribution in [0.3, 0.4) is 0 Å². The maximum atomic E-state index is 12.4. The van der Waals surface area contributed by atoms with Crippen LogP contribution >= 0.6 is 12.4 Å². The lowest BCUT2D eigenvalue weighted by Gasteiger charge is -2.36. The molecule has 1 aromatic carbocycles. The smallest absolute Gasteiger partial charge is 0.273 e. The van der Waals surface area contributed by atoms with Gasteiger partial charge in [-0.2, -0.15) is 0 Å². The highest BCUT2D eigenvalue weighted by Crippen LogP contribution is 2.22. The van der Waals surface area contributed by atoms with Gasteiger partial charge in [0.05, 0.1) is 4.92 Å². The Morgan fingerprint density at radius 2 is 2.09 bits per heavy atom. The molecule has 2 rings (SSSR count). The van der Waals surface area contributed by atoms with Crippen LogP contribution in [-0.2, 0) is 0 Å². The van der Waals surface area contributed by atoms with Crippen LogP contribution < -0.4 is 10.6 Å². The molecule has 0 bridgehead atoms. The maximum Gasteiger partial charge on any atom is 0.273 e. The standard InChI is InChI=1S/C15H21N3O3.ClH/c1-9-7-8-16-11(3)14(9)17-15(19)12-5-4-6-13(10(12)2)18(20)21;/h4-6,9,11,14,16H,7-8H2,1-3H3,(H,17,19);1H. The summed E-state index contributed by atoms with van der Waals surface area (Å²) in [5.41, 5.74) is 0.753. The van der Waals surface area contributed by atoms with Gasteiger partial charge in [-0.3, -0.25) is 14.9 Å². The van der Waals surface area contributed by atoms with E-state index in [4.69, 9.17) is 0 Å². The van der Waals surface area contributed by atoms with Gasteiger partial charge in [0.1, 0.15) is 0 Å². The van der Waals surface area contributed by atoms with E-state index >= 15 is 0 Å². The molecule has 1 fully saturated rings.